The predicted molar refractivity (Wildman–Crippen MR) is 58.5 cm³/mol. The minimum Gasteiger partial charge on any atom is -0.475 e. The first-order valence-corrected chi connectivity index (χ1v) is 5.12. The minimum atomic E-state index is -1.02. The Kier molecular flexibility index (Phi) is 5.01. The van der Waals surface area contributed by atoms with Crippen molar-refractivity contribution in [1.29, 1.82) is 0 Å². The Labute approximate surface area is 94.6 Å². The molecular weight excluding hydrogens is 210 g/mol. The van der Waals surface area contributed by atoms with E-state index >= 15 is 0 Å². The molecule has 0 aliphatic rings. The summed E-state index contributed by atoms with van der Waals surface area (Å²) in [5.41, 5.74) is 0.701. The van der Waals surface area contributed by atoms with Crippen LogP contribution in [0.4, 0.5) is 0 Å². The summed E-state index contributed by atoms with van der Waals surface area (Å²) in [5.74, 6) is -0.996. The second-order valence-electron chi connectivity index (χ2n) is 3.66. The first-order valence-electron chi connectivity index (χ1n) is 5.12. The third-order valence-corrected chi connectivity index (χ3v) is 2.27. The van der Waals surface area contributed by atoms with Gasteiger partial charge in [0.05, 0.1) is 6.26 Å². The van der Waals surface area contributed by atoms with Crippen LogP contribution in [-0.2, 0) is 11.3 Å². The van der Waals surface area contributed by atoms with Crippen molar-refractivity contribution in [1.82, 2.24) is 4.90 Å². The highest BCUT2D eigenvalue weighted by Gasteiger charge is 2.14. The van der Waals surface area contributed by atoms with Crippen LogP contribution in [0.1, 0.15) is 22.5 Å². The third kappa shape index (κ3) is 3.67. The van der Waals surface area contributed by atoms with E-state index in [1.54, 1.807) is 13.2 Å². The van der Waals surface area contributed by atoms with Crippen LogP contribution in [0.5, 0.6) is 0 Å². The first kappa shape index (κ1) is 12.7. The second-order valence-corrected chi connectivity index (χ2v) is 3.66. The number of carboxylic acid groups (broad SMARTS) is 1. The molecule has 0 bridgehead atoms. The van der Waals surface area contributed by atoms with E-state index in [9.17, 15) is 4.79 Å². The number of hydrogen-bond donors (Lipinski definition) is 1. The van der Waals surface area contributed by atoms with Gasteiger partial charge in [-0.3, -0.25) is 0 Å². The number of hydrogen-bond acceptors (Lipinski definition) is 4. The summed E-state index contributed by atoms with van der Waals surface area (Å²) in [4.78, 5) is 12.8. The van der Waals surface area contributed by atoms with E-state index < -0.39 is 5.97 Å². The summed E-state index contributed by atoms with van der Waals surface area (Å²) in [6.07, 6.45) is 2.33. The number of carboxylic acids is 1. The van der Waals surface area contributed by atoms with E-state index in [0.717, 1.165) is 13.0 Å². The van der Waals surface area contributed by atoms with E-state index in [4.69, 9.17) is 14.3 Å². The molecule has 1 aromatic heterocycles. The Morgan fingerprint density at radius 1 is 1.62 bits per heavy atom. The van der Waals surface area contributed by atoms with E-state index in [2.05, 4.69) is 0 Å². The molecule has 0 saturated heterocycles. The van der Waals surface area contributed by atoms with Gasteiger partial charge in [-0.25, -0.2) is 4.79 Å². The Hall–Kier alpha value is -1.33. The fourth-order valence-corrected chi connectivity index (χ4v) is 1.50. The molecule has 0 spiro atoms. The molecule has 90 valence electrons. The van der Waals surface area contributed by atoms with Crippen molar-refractivity contribution in [3.63, 3.8) is 0 Å². The van der Waals surface area contributed by atoms with Gasteiger partial charge in [-0.2, -0.15) is 0 Å². The Balaban J connectivity index is 2.46. The predicted octanol–water partition coefficient (Wildman–Crippen LogP) is 1.45. The van der Waals surface area contributed by atoms with E-state index in [-0.39, 0.29) is 5.76 Å². The second kappa shape index (κ2) is 6.30. The van der Waals surface area contributed by atoms with E-state index in [0.29, 0.717) is 18.7 Å². The van der Waals surface area contributed by atoms with Crippen molar-refractivity contribution in [3.05, 3.63) is 23.7 Å². The number of aromatic carboxylic acids is 1. The molecule has 1 heterocycles. The molecule has 16 heavy (non-hydrogen) atoms. The largest absolute Gasteiger partial charge is 0.475 e. The lowest BCUT2D eigenvalue weighted by molar-refractivity contribution is 0.0659. The molecule has 5 heteroatoms. The number of furan rings is 1. The van der Waals surface area contributed by atoms with Crippen LogP contribution < -0.4 is 0 Å². The zero-order valence-electron chi connectivity index (χ0n) is 9.60. The van der Waals surface area contributed by atoms with Gasteiger partial charge in [0.25, 0.3) is 0 Å². The van der Waals surface area contributed by atoms with Crippen molar-refractivity contribution >= 4 is 5.97 Å². The van der Waals surface area contributed by atoms with Gasteiger partial charge in [0, 0.05) is 32.4 Å². The van der Waals surface area contributed by atoms with E-state index in [1.165, 1.54) is 6.26 Å². The summed E-state index contributed by atoms with van der Waals surface area (Å²) in [6, 6.07) is 1.69. The molecule has 1 aromatic rings. The van der Waals surface area contributed by atoms with Gasteiger partial charge in [0.15, 0.2) is 0 Å². The molecule has 0 radical (unpaired) electrons. The molecular formula is C11H17NO4. The van der Waals surface area contributed by atoms with Gasteiger partial charge in [0.1, 0.15) is 0 Å². The molecule has 1 rings (SSSR count). The van der Waals surface area contributed by atoms with Crippen molar-refractivity contribution in [2.45, 2.75) is 13.0 Å². The van der Waals surface area contributed by atoms with Crippen LogP contribution in [0.2, 0.25) is 0 Å². The highest BCUT2D eigenvalue weighted by molar-refractivity contribution is 5.86. The maximum Gasteiger partial charge on any atom is 0.372 e. The number of nitrogens with zero attached hydrogens (tertiary/aromatic N) is 1. The Morgan fingerprint density at radius 3 is 3.00 bits per heavy atom. The van der Waals surface area contributed by atoms with Crippen LogP contribution in [0.3, 0.4) is 0 Å². The lowest BCUT2D eigenvalue weighted by Gasteiger charge is -2.15. The summed E-state index contributed by atoms with van der Waals surface area (Å²) >= 11 is 0. The smallest absolute Gasteiger partial charge is 0.372 e. The summed E-state index contributed by atoms with van der Waals surface area (Å²) in [6.45, 7) is 2.14. The van der Waals surface area contributed by atoms with Crippen LogP contribution in [-0.4, -0.2) is 43.3 Å². The van der Waals surface area contributed by atoms with Crippen molar-refractivity contribution < 1.29 is 19.1 Å². The Morgan fingerprint density at radius 2 is 2.38 bits per heavy atom. The molecule has 0 fully saturated rings. The normalized spacial score (nSPS) is 10.9. The van der Waals surface area contributed by atoms with Crippen molar-refractivity contribution in [3.8, 4) is 0 Å². The molecule has 0 atom stereocenters. The molecule has 0 aliphatic carbocycles. The van der Waals surface area contributed by atoms with Crippen LogP contribution in [0, 0.1) is 0 Å². The monoisotopic (exact) mass is 227 g/mol. The summed E-state index contributed by atoms with van der Waals surface area (Å²) in [7, 11) is 3.60. The average Bonchev–Trinajstić information content (AvgIpc) is 2.66. The standard InChI is InChI=1S/C11H17NO4/c1-12(5-3-6-15-2)8-9-4-7-16-10(9)11(13)14/h4,7H,3,5-6,8H2,1-2H3,(H,13,14). The van der Waals surface area contributed by atoms with Gasteiger partial charge < -0.3 is 19.2 Å². The molecule has 0 unspecified atom stereocenters. The topological polar surface area (TPSA) is 62.9 Å². The SMILES string of the molecule is COCCCN(C)Cc1ccoc1C(=O)O. The fourth-order valence-electron chi connectivity index (χ4n) is 1.50. The Bertz CT molecular complexity index is 334. The quantitative estimate of drug-likeness (QED) is 0.714. The first-order chi connectivity index (χ1) is 7.65. The maximum absolute atomic E-state index is 10.8. The van der Waals surface area contributed by atoms with Gasteiger partial charge in [-0.05, 0) is 19.5 Å². The van der Waals surface area contributed by atoms with Crippen molar-refractivity contribution in [2.24, 2.45) is 0 Å². The highest BCUT2D eigenvalue weighted by atomic mass is 16.5. The molecule has 5 nitrogen and oxygen atoms in total. The van der Waals surface area contributed by atoms with Crippen molar-refractivity contribution in [2.75, 3.05) is 27.3 Å². The molecule has 0 amide bonds. The summed E-state index contributed by atoms with van der Waals surface area (Å²) < 4.78 is 9.85. The van der Waals surface area contributed by atoms with Gasteiger partial charge in [0.2, 0.25) is 5.76 Å². The number of ether oxygens (including phenoxy) is 1. The average molecular weight is 227 g/mol. The zero-order valence-corrected chi connectivity index (χ0v) is 9.60. The van der Waals surface area contributed by atoms with Crippen LogP contribution in [0.15, 0.2) is 16.7 Å². The molecule has 0 aliphatic heterocycles. The van der Waals surface area contributed by atoms with Crippen LogP contribution in [0.25, 0.3) is 0 Å². The lowest BCUT2D eigenvalue weighted by Crippen LogP contribution is -2.21. The minimum absolute atomic E-state index is 0.0265. The number of carbonyl (C=O) groups is 1. The third-order valence-electron chi connectivity index (χ3n) is 2.27. The summed E-state index contributed by atoms with van der Waals surface area (Å²) in [5, 5.41) is 8.85. The molecule has 0 aromatic carbocycles. The maximum atomic E-state index is 10.8. The molecule has 1 N–H and O–H groups in total. The molecule has 0 saturated carbocycles. The zero-order chi connectivity index (χ0) is 12.0. The lowest BCUT2D eigenvalue weighted by atomic mass is 10.2. The van der Waals surface area contributed by atoms with Gasteiger partial charge in [-0.15, -0.1) is 0 Å². The van der Waals surface area contributed by atoms with Gasteiger partial charge in [-0.1, -0.05) is 0 Å². The highest BCUT2D eigenvalue weighted by Crippen LogP contribution is 2.12. The van der Waals surface area contributed by atoms with Gasteiger partial charge >= 0.3 is 5.97 Å². The fraction of sp³-hybridized carbons (Fsp3) is 0.545. The van der Waals surface area contributed by atoms with E-state index in [1.807, 2.05) is 11.9 Å². The number of rotatable bonds is 7. The number of methoxy groups -OCH3 is 1. The van der Waals surface area contributed by atoms with Crippen LogP contribution >= 0.6 is 0 Å².